The molecule has 108 valence electrons. The summed E-state index contributed by atoms with van der Waals surface area (Å²) in [7, 11) is 0. The molecule has 0 saturated heterocycles. The van der Waals surface area contributed by atoms with Gasteiger partial charge in [-0.15, -0.1) is 10.1 Å². The Balaban J connectivity index is 1.73. The van der Waals surface area contributed by atoms with Crippen molar-refractivity contribution in [3.05, 3.63) is 39.9 Å². The highest BCUT2D eigenvalue weighted by Gasteiger charge is 2.24. The van der Waals surface area contributed by atoms with Gasteiger partial charge in [-0.1, -0.05) is 12.1 Å². The van der Waals surface area contributed by atoms with Crippen LogP contribution in [0.5, 0.6) is 5.75 Å². The third-order valence-corrected chi connectivity index (χ3v) is 3.05. The maximum atomic E-state index is 12.2. The van der Waals surface area contributed by atoms with Crippen molar-refractivity contribution >= 4 is 5.91 Å². The Morgan fingerprint density at radius 1 is 1.30 bits per heavy atom. The number of amides is 1. The SMILES string of the molecule is O=C1c2ccccc2OCN1CCCCCO[N+](=O)[O-]. The molecule has 20 heavy (non-hydrogen) atoms. The van der Waals surface area contributed by atoms with Crippen molar-refractivity contribution in [3.63, 3.8) is 0 Å². The Hall–Kier alpha value is -2.31. The lowest BCUT2D eigenvalue weighted by Crippen LogP contribution is -2.39. The molecule has 0 atom stereocenters. The third kappa shape index (κ3) is 3.59. The molecule has 0 aliphatic carbocycles. The fourth-order valence-corrected chi connectivity index (χ4v) is 2.03. The van der Waals surface area contributed by atoms with Crippen molar-refractivity contribution in [1.29, 1.82) is 0 Å². The topological polar surface area (TPSA) is 81.9 Å². The van der Waals surface area contributed by atoms with E-state index < -0.39 is 5.09 Å². The first-order chi connectivity index (χ1) is 9.68. The second-order valence-corrected chi connectivity index (χ2v) is 4.46. The number of carbonyl (C=O) groups is 1. The van der Waals surface area contributed by atoms with Crippen LogP contribution in [-0.2, 0) is 4.84 Å². The van der Waals surface area contributed by atoms with Crippen molar-refractivity contribution in [2.24, 2.45) is 0 Å². The molecule has 2 rings (SSSR count). The van der Waals surface area contributed by atoms with Gasteiger partial charge in [0.1, 0.15) is 5.75 Å². The van der Waals surface area contributed by atoms with E-state index in [0.717, 1.165) is 12.8 Å². The van der Waals surface area contributed by atoms with Crippen LogP contribution < -0.4 is 4.74 Å². The zero-order valence-electron chi connectivity index (χ0n) is 11.0. The highest BCUT2D eigenvalue weighted by atomic mass is 16.9. The van der Waals surface area contributed by atoms with Gasteiger partial charge in [-0.3, -0.25) is 4.79 Å². The lowest BCUT2D eigenvalue weighted by molar-refractivity contribution is -0.757. The van der Waals surface area contributed by atoms with Gasteiger partial charge in [0.15, 0.2) is 6.73 Å². The average Bonchev–Trinajstić information content (AvgIpc) is 2.45. The van der Waals surface area contributed by atoms with Gasteiger partial charge in [0.05, 0.1) is 12.2 Å². The fraction of sp³-hybridized carbons (Fsp3) is 0.462. The van der Waals surface area contributed by atoms with Gasteiger partial charge < -0.3 is 14.5 Å². The Morgan fingerprint density at radius 2 is 2.10 bits per heavy atom. The van der Waals surface area contributed by atoms with E-state index in [-0.39, 0.29) is 19.2 Å². The summed E-state index contributed by atoms with van der Waals surface area (Å²) >= 11 is 0. The molecule has 0 saturated carbocycles. The molecule has 0 N–H and O–H groups in total. The number of benzene rings is 1. The summed E-state index contributed by atoms with van der Waals surface area (Å²) in [6.07, 6.45) is 2.12. The monoisotopic (exact) mass is 280 g/mol. The minimum Gasteiger partial charge on any atom is -0.472 e. The number of rotatable bonds is 7. The van der Waals surface area contributed by atoms with Crippen molar-refractivity contribution in [3.8, 4) is 5.75 Å². The van der Waals surface area contributed by atoms with Gasteiger partial charge in [-0.05, 0) is 31.4 Å². The van der Waals surface area contributed by atoms with Crippen LogP contribution in [0.4, 0.5) is 0 Å². The summed E-state index contributed by atoms with van der Waals surface area (Å²) in [5.41, 5.74) is 0.579. The standard InChI is InChI=1S/C13H16N2O5/c16-13-11-6-2-3-7-12(11)19-10-14(13)8-4-1-5-9-20-15(17)18/h2-3,6-7H,1,4-5,8-10H2. The van der Waals surface area contributed by atoms with Crippen LogP contribution in [0.2, 0.25) is 0 Å². The van der Waals surface area contributed by atoms with Crippen LogP contribution in [-0.4, -0.2) is 35.8 Å². The second-order valence-electron chi connectivity index (χ2n) is 4.46. The predicted molar refractivity (Wildman–Crippen MR) is 69.8 cm³/mol. The number of ether oxygens (including phenoxy) is 1. The summed E-state index contributed by atoms with van der Waals surface area (Å²) in [5, 5.41) is 9.16. The molecule has 1 aliphatic rings. The van der Waals surface area contributed by atoms with E-state index in [1.807, 2.05) is 6.07 Å². The molecule has 0 spiro atoms. The molecule has 7 nitrogen and oxygen atoms in total. The predicted octanol–water partition coefficient (Wildman–Crippen LogP) is 1.86. The van der Waals surface area contributed by atoms with Crippen molar-refractivity contribution in [1.82, 2.24) is 4.90 Å². The van der Waals surface area contributed by atoms with Gasteiger partial charge in [0.2, 0.25) is 0 Å². The molecule has 1 aliphatic heterocycles. The lowest BCUT2D eigenvalue weighted by atomic mass is 10.1. The lowest BCUT2D eigenvalue weighted by Gasteiger charge is -2.28. The van der Waals surface area contributed by atoms with E-state index >= 15 is 0 Å². The third-order valence-electron chi connectivity index (χ3n) is 3.05. The van der Waals surface area contributed by atoms with E-state index in [2.05, 4.69) is 4.84 Å². The number of hydrogen-bond donors (Lipinski definition) is 0. The number of unbranched alkanes of at least 4 members (excludes halogenated alkanes) is 2. The molecule has 0 bridgehead atoms. The Kier molecular flexibility index (Phi) is 4.75. The van der Waals surface area contributed by atoms with Gasteiger partial charge in [-0.25, -0.2) is 0 Å². The number of carbonyl (C=O) groups excluding carboxylic acids is 1. The Bertz CT molecular complexity index is 491. The molecule has 7 heteroatoms. The summed E-state index contributed by atoms with van der Waals surface area (Å²) in [6.45, 7) is 0.924. The first-order valence-corrected chi connectivity index (χ1v) is 6.47. The van der Waals surface area contributed by atoms with E-state index in [1.54, 1.807) is 23.1 Å². The van der Waals surface area contributed by atoms with Crippen LogP contribution >= 0.6 is 0 Å². The van der Waals surface area contributed by atoms with E-state index in [4.69, 9.17) is 4.74 Å². The molecule has 1 aromatic rings. The minimum atomic E-state index is -0.793. The number of fused-ring (bicyclic) bond motifs is 1. The first-order valence-electron chi connectivity index (χ1n) is 6.47. The van der Waals surface area contributed by atoms with Gasteiger partial charge in [0, 0.05) is 6.54 Å². The van der Waals surface area contributed by atoms with Crippen molar-refractivity contribution in [2.75, 3.05) is 19.9 Å². The van der Waals surface area contributed by atoms with Crippen molar-refractivity contribution in [2.45, 2.75) is 19.3 Å². The molecule has 1 heterocycles. The minimum absolute atomic E-state index is 0.0339. The smallest absolute Gasteiger partial charge is 0.294 e. The van der Waals surface area contributed by atoms with Crippen LogP contribution in [0.15, 0.2) is 24.3 Å². The maximum absolute atomic E-state index is 12.2. The summed E-state index contributed by atoms with van der Waals surface area (Å²) < 4.78 is 5.51. The number of hydrogen-bond acceptors (Lipinski definition) is 5. The normalized spacial score (nSPS) is 13.6. The van der Waals surface area contributed by atoms with E-state index in [0.29, 0.717) is 24.3 Å². The average molecular weight is 280 g/mol. The van der Waals surface area contributed by atoms with Gasteiger partial charge in [-0.2, -0.15) is 0 Å². The quantitative estimate of drug-likeness (QED) is 0.432. The highest BCUT2D eigenvalue weighted by Crippen LogP contribution is 2.24. The summed E-state index contributed by atoms with van der Waals surface area (Å²) in [6, 6.07) is 7.16. The molecule has 1 aromatic carbocycles. The van der Waals surface area contributed by atoms with Gasteiger partial charge >= 0.3 is 0 Å². The molecule has 0 fully saturated rings. The van der Waals surface area contributed by atoms with Crippen LogP contribution in [0.3, 0.4) is 0 Å². The van der Waals surface area contributed by atoms with Crippen LogP contribution in [0, 0.1) is 10.1 Å². The number of nitrogens with zero attached hydrogens (tertiary/aromatic N) is 2. The van der Waals surface area contributed by atoms with Crippen LogP contribution in [0.25, 0.3) is 0 Å². The van der Waals surface area contributed by atoms with E-state index in [9.17, 15) is 14.9 Å². The maximum Gasteiger partial charge on any atom is 0.294 e. The van der Waals surface area contributed by atoms with Gasteiger partial charge in [0.25, 0.3) is 11.0 Å². The molecular weight excluding hydrogens is 264 g/mol. The highest BCUT2D eigenvalue weighted by molar-refractivity contribution is 5.97. The molecule has 0 aromatic heterocycles. The zero-order chi connectivity index (χ0) is 14.4. The molecule has 0 unspecified atom stereocenters. The second kappa shape index (κ2) is 6.74. The first kappa shape index (κ1) is 14.1. The fourth-order valence-electron chi connectivity index (χ4n) is 2.03. The largest absolute Gasteiger partial charge is 0.472 e. The zero-order valence-corrected chi connectivity index (χ0v) is 11.0. The molecule has 0 radical (unpaired) electrons. The Labute approximate surface area is 116 Å². The summed E-state index contributed by atoms with van der Waals surface area (Å²) in [5.74, 6) is 0.585. The molecule has 1 amide bonds. The summed E-state index contributed by atoms with van der Waals surface area (Å²) in [4.78, 5) is 28.0. The van der Waals surface area contributed by atoms with Crippen LogP contribution in [0.1, 0.15) is 29.6 Å². The number of para-hydroxylation sites is 1. The molecular formula is C13H16N2O5. The van der Waals surface area contributed by atoms with E-state index in [1.165, 1.54) is 0 Å². The van der Waals surface area contributed by atoms with Crippen molar-refractivity contribution < 1.29 is 19.5 Å². The Morgan fingerprint density at radius 3 is 2.90 bits per heavy atom.